The van der Waals surface area contributed by atoms with E-state index in [1.807, 2.05) is 6.07 Å². The summed E-state index contributed by atoms with van der Waals surface area (Å²) in [5.74, 6) is -2.39. The third kappa shape index (κ3) is 2.98. The average Bonchev–Trinajstić information content (AvgIpc) is 3.07. The predicted octanol–water partition coefficient (Wildman–Crippen LogP) is 3.90. The second-order valence-electron chi connectivity index (χ2n) is 5.91. The van der Waals surface area contributed by atoms with E-state index >= 15 is 0 Å². The number of halogens is 2. The third-order valence-corrected chi connectivity index (χ3v) is 5.08. The number of rotatable bonds is 4. The summed E-state index contributed by atoms with van der Waals surface area (Å²) in [5, 5.41) is 16.8. The number of pyridine rings is 1. The van der Waals surface area contributed by atoms with E-state index in [4.69, 9.17) is 15.4 Å². The molecule has 25 heavy (non-hydrogen) atoms. The molecule has 126 valence electrons. The molecule has 3 aromatic rings. The van der Waals surface area contributed by atoms with E-state index in [1.165, 1.54) is 17.5 Å². The van der Waals surface area contributed by atoms with Gasteiger partial charge in [0.25, 0.3) is 5.92 Å². The van der Waals surface area contributed by atoms with Gasteiger partial charge in [0.1, 0.15) is 11.8 Å². The Kier molecular flexibility index (Phi) is 3.54. The molecule has 5 nitrogen and oxygen atoms in total. The lowest BCUT2D eigenvalue weighted by molar-refractivity contribution is 0.0952. The summed E-state index contributed by atoms with van der Waals surface area (Å²) < 4.78 is 34.4. The quantitative estimate of drug-likeness (QED) is 0.769. The van der Waals surface area contributed by atoms with Crippen LogP contribution in [-0.4, -0.2) is 15.5 Å². The van der Waals surface area contributed by atoms with Crippen LogP contribution in [0.5, 0.6) is 11.6 Å². The fourth-order valence-electron chi connectivity index (χ4n) is 2.63. The fraction of sp³-hybridized carbons (Fsp3) is 0.235. The zero-order valence-electron chi connectivity index (χ0n) is 12.9. The predicted molar refractivity (Wildman–Crippen MR) is 87.7 cm³/mol. The van der Waals surface area contributed by atoms with Gasteiger partial charge in [-0.3, -0.25) is 5.41 Å². The van der Waals surface area contributed by atoms with Crippen LogP contribution >= 0.6 is 11.3 Å². The number of nitriles is 1. The van der Waals surface area contributed by atoms with Crippen molar-refractivity contribution in [2.24, 2.45) is 5.92 Å². The Labute approximate surface area is 145 Å². The standard InChI is InChI=1S/C17H12F2N4OS/c18-17(19)6-11(17)9-23-13-3-2-12(5-14(13)25-16(23)21)24-15-4-1-10(7-20)8-22-15/h1-5,8,11,21H,6,9H2. The van der Waals surface area contributed by atoms with Crippen LogP contribution in [0.15, 0.2) is 36.5 Å². The van der Waals surface area contributed by atoms with E-state index in [0.29, 0.717) is 17.2 Å². The fourth-order valence-corrected chi connectivity index (χ4v) is 3.58. The number of aromatic nitrogens is 2. The van der Waals surface area contributed by atoms with Gasteiger partial charge in [-0.1, -0.05) is 11.3 Å². The highest BCUT2D eigenvalue weighted by Crippen LogP contribution is 2.49. The average molecular weight is 358 g/mol. The zero-order chi connectivity index (χ0) is 17.6. The molecule has 0 saturated heterocycles. The number of benzene rings is 1. The number of thiazole rings is 1. The number of fused-ring (bicyclic) bond motifs is 1. The van der Waals surface area contributed by atoms with E-state index in [9.17, 15) is 8.78 Å². The molecule has 0 radical (unpaired) electrons. The lowest BCUT2D eigenvalue weighted by Gasteiger charge is -2.06. The second-order valence-corrected chi connectivity index (χ2v) is 6.94. The summed E-state index contributed by atoms with van der Waals surface area (Å²) in [5.41, 5.74) is 1.19. The highest BCUT2D eigenvalue weighted by atomic mass is 32.1. The van der Waals surface area contributed by atoms with Crippen molar-refractivity contribution < 1.29 is 13.5 Å². The van der Waals surface area contributed by atoms with Crippen LogP contribution < -0.4 is 9.54 Å². The summed E-state index contributed by atoms with van der Waals surface area (Å²) in [7, 11) is 0. The van der Waals surface area contributed by atoms with Crippen molar-refractivity contribution in [3.8, 4) is 17.7 Å². The Balaban J connectivity index is 1.60. The van der Waals surface area contributed by atoms with Crippen LogP contribution in [0.25, 0.3) is 10.2 Å². The van der Waals surface area contributed by atoms with Gasteiger partial charge in [-0.2, -0.15) is 5.26 Å². The maximum Gasteiger partial charge on any atom is 0.253 e. The van der Waals surface area contributed by atoms with Gasteiger partial charge in [-0.15, -0.1) is 0 Å². The zero-order valence-corrected chi connectivity index (χ0v) is 13.7. The number of nitrogens with one attached hydrogen (secondary N) is 1. The molecule has 0 aliphatic heterocycles. The van der Waals surface area contributed by atoms with Gasteiger partial charge in [0.05, 0.1) is 15.8 Å². The van der Waals surface area contributed by atoms with Crippen LogP contribution in [0.1, 0.15) is 12.0 Å². The minimum absolute atomic E-state index is 0.109. The van der Waals surface area contributed by atoms with Gasteiger partial charge in [-0.05, 0) is 18.2 Å². The first-order chi connectivity index (χ1) is 12.0. The topological polar surface area (TPSA) is 74.7 Å². The molecule has 1 atom stereocenters. The minimum Gasteiger partial charge on any atom is -0.439 e. The number of alkyl halides is 2. The molecule has 0 spiro atoms. The smallest absolute Gasteiger partial charge is 0.253 e. The molecule has 2 heterocycles. The Hall–Kier alpha value is -2.79. The first kappa shape index (κ1) is 15.7. The van der Waals surface area contributed by atoms with Crippen molar-refractivity contribution in [2.75, 3.05) is 0 Å². The first-order valence-corrected chi connectivity index (χ1v) is 8.38. The van der Waals surface area contributed by atoms with Crippen LogP contribution in [-0.2, 0) is 6.54 Å². The lowest BCUT2D eigenvalue weighted by atomic mass is 10.3. The first-order valence-electron chi connectivity index (χ1n) is 7.56. The number of nitrogens with zero attached hydrogens (tertiary/aromatic N) is 3. The molecule has 2 aromatic heterocycles. The highest BCUT2D eigenvalue weighted by molar-refractivity contribution is 7.16. The van der Waals surface area contributed by atoms with Gasteiger partial charge in [0.15, 0.2) is 4.80 Å². The van der Waals surface area contributed by atoms with E-state index < -0.39 is 11.8 Å². The van der Waals surface area contributed by atoms with E-state index in [-0.39, 0.29) is 17.8 Å². The van der Waals surface area contributed by atoms with E-state index in [0.717, 1.165) is 10.2 Å². The Morgan fingerprint density at radius 3 is 2.84 bits per heavy atom. The lowest BCUT2D eigenvalue weighted by Crippen LogP contribution is -2.16. The summed E-state index contributed by atoms with van der Waals surface area (Å²) in [6.45, 7) is 0.156. The molecule has 1 fully saturated rings. The highest BCUT2D eigenvalue weighted by Gasteiger charge is 2.56. The van der Waals surface area contributed by atoms with Crippen LogP contribution in [0.4, 0.5) is 8.78 Å². The molecule has 1 unspecified atom stereocenters. The Bertz CT molecular complexity index is 1050. The molecule has 1 aromatic carbocycles. The summed E-state index contributed by atoms with van der Waals surface area (Å²) >= 11 is 1.22. The number of hydrogen-bond donors (Lipinski definition) is 1. The molecule has 1 aliphatic rings. The molecular weight excluding hydrogens is 346 g/mol. The number of ether oxygens (including phenoxy) is 1. The molecule has 1 aliphatic carbocycles. The van der Waals surface area contributed by atoms with Gasteiger partial charge >= 0.3 is 0 Å². The second kappa shape index (κ2) is 5.63. The van der Waals surface area contributed by atoms with Crippen molar-refractivity contribution in [3.05, 3.63) is 46.9 Å². The summed E-state index contributed by atoms with van der Waals surface area (Å²) in [4.78, 5) is 4.29. The van der Waals surface area contributed by atoms with Gasteiger partial charge in [-0.25, -0.2) is 13.8 Å². The van der Waals surface area contributed by atoms with Crippen molar-refractivity contribution in [3.63, 3.8) is 0 Å². The molecule has 8 heteroatoms. The van der Waals surface area contributed by atoms with Crippen molar-refractivity contribution in [1.29, 1.82) is 10.7 Å². The van der Waals surface area contributed by atoms with Crippen molar-refractivity contribution in [1.82, 2.24) is 9.55 Å². The Morgan fingerprint density at radius 1 is 1.40 bits per heavy atom. The monoisotopic (exact) mass is 358 g/mol. The van der Waals surface area contributed by atoms with Crippen LogP contribution in [0.2, 0.25) is 0 Å². The van der Waals surface area contributed by atoms with Crippen LogP contribution in [0.3, 0.4) is 0 Å². The van der Waals surface area contributed by atoms with Gasteiger partial charge in [0, 0.05) is 37.2 Å². The van der Waals surface area contributed by atoms with Gasteiger partial charge in [0.2, 0.25) is 5.88 Å². The molecule has 0 bridgehead atoms. The Morgan fingerprint density at radius 2 is 2.20 bits per heavy atom. The maximum atomic E-state index is 13.2. The SMILES string of the molecule is N#Cc1ccc(Oc2ccc3c(c2)sc(=N)n3CC2CC2(F)F)nc1. The molecule has 4 rings (SSSR count). The van der Waals surface area contributed by atoms with Crippen molar-refractivity contribution in [2.45, 2.75) is 18.9 Å². The van der Waals surface area contributed by atoms with Gasteiger partial charge < -0.3 is 9.30 Å². The summed E-state index contributed by atoms with van der Waals surface area (Å²) in [6, 6.07) is 10.4. The molecular formula is C17H12F2N4OS. The molecule has 1 N–H and O–H groups in total. The van der Waals surface area contributed by atoms with E-state index in [1.54, 1.807) is 34.9 Å². The number of hydrogen-bond acceptors (Lipinski definition) is 5. The van der Waals surface area contributed by atoms with Crippen molar-refractivity contribution >= 4 is 21.6 Å². The minimum atomic E-state index is -2.60. The third-order valence-electron chi connectivity index (χ3n) is 4.12. The molecule has 1 saturated carbocycles. The maximum absolute atomic E-state index is 13.2. The molecule has 0 amide bonds. The normalized spacial score (nSPS) is 18.0. The van der Waals surface area contributed by atoms with E-state index in [2.05, 4.69) is 4.98 Å². The summed E-state index contributed by atoms with van der Waals surface area (Å²) in [6.07, 6.45) is 1.31. The largest absolute Gasteiger partial charge is 0.439 e. The van der Waals surface area contributed by atoms with Crippen LogP contribution in [0, 0.1) is 22.7 Å².